The summed E-state index contributed by atoms with van der Waals surface area (Å²) >= 11 is 3.39. The molecule has 2 N–H and O–H groups in total. The molecule has 1 atom stereocenters. The van der Waals surface area contributed by atoms with Crippen LogP contribution in [0.4, 0.5) is 11.4 Å². The van der Waals surface area contributed by atoms with Crippen molar-refractivity contribution in [2.24, 2.45) is 4.99 Å². The normalized spacial score (nSPS) is 16.9. The zero-order chi connectivity index (χ0) is 18.0. The summed E-state index contributed by atoms with van der Waals surface area (Å²) in [6.45, 7) is 3.57. The molecule has 0 aromatic heterocycles. The Morgan fingerprint density at radius 1 is 1.24 bits per heavy atom. The van der Waals surface area contributed by atoms with Crippen LogP contribution in [0.2, 0.25) is 0 Å². The first-order valence-corrected chi connectivity index (χ1v) is 8.56. The van der Waals surface area contributed by atoms with Gasteiger partial charge in [0.05, 0.1) is 5.69 Å². The second-order valence-electron chi connectivity index (χ2n) is 5.69. The molecule has 7 heteroatoms. The molecule has 0 saturated heterocycles. The number of benzene rings is 2. The Balaban J connectivity index is 1.82. The van der Waals surface area contributed by atoms with Gasteiger partial charge in [0, 0.05) is 10.2 Å². The number of aryl methyl sites for hydroxylation is 1. The number of para-hydroxylation sites is 1. The second-order valence-corrected chi connectivity index (χ2v) is 6.60. The average Bonchev–Trinajstić information content (AvgIpc) is 2.60. The van der Waals surface area contributed by atoms with E-state index in [-0.39, 0.29) is 11.7 Å². The lowest BCUT2D eigenvalue weighted by molar-refractivity contribution is -0.120. The molecule has 1 heterocycles. The lowest BCUT2D eigenvalue weighted by atomic mass is 10.2. The van der Waals surface area contributed by atoms with Gasteiger partial charge in [-0.1, -0.05) is 34.1 Å². The molecular weight excluding hydrogens is 384 g/mol. The van der Waals surface area contributed by atoms with Crippen LogP contribution in [-0.4, -0.2) is 23.7 Å². The van der Waals surface area contributed by atoms with Crippen molar-refractivity contribution in [1.82, 2.24) is 5.43 Å². The topological polar surface area (TPSA) is 73.8 Å². The van der Waals surface area contributed by atoms with Crippen molar-refractivity contribution in [3.8, 4) is 0 Å². The molecule has 128 valence electrons. The Hall–Kier alpha value is -2.67. The van der Waals surface area contributed by atoms with Gasteiger partial charge in [-0.3, -0.25) is 15.0 Å². The number of rotatable bonds is 3. The molecule has 2 amide bonds. The van der Waals surface area contributed by atoms with Crippen LogP contribution in [0.1, 0.15) is 12.5 Å². The number of aliphatic imine (C=N–C) groups is 1. The minimum absolute atomic E-state index is 0.0956. The number of carbonyl (C=O) groups excluding carboxylic acids is 2. The smallest absolute Gasteiger partial charge is 0.292 e. The van der Waals surface area contributed by atoms with Crippen molar-refractivity contribution < 1.29 is 9.59 Å². The van der Waals surface area contributed by atoms with Crippen LogP contribution in [0, 0.1) is 6.92 Å². The number of amidine groups is 1. The molecule has 0 saturated carbocycles. The standard InChI is InChI=1S/C18H17BrN4O2/c1-11-10-13(19)8-9-15(11)21-17(24)16-20-12(2)18(25)23(22-16)14-6-4-3-5-7-14/h3-10,12H,1-2H3,(H,20,22)(H,21,24). The second kappa shape index (κ2) is 7.06. The van der Waals surface area contributed by atoms with Crippen molar-refractivity contribution in [2.45, 2.75) is 19.9 Å². The van der Waals surface area contributed by atoms with Gasteiger partial charge in [0.2, 0.25) is 5.84 Å². The lowest BCUT2D eigenvalue weighted by Crippen LogP contribution is -2.57. The number of carbonyl (C=O) groups is 2. The van der Waals surface area contributed by atoms with Crippen molar-refractivity contribution in [3.05, 3.63) is 58.6 Å². The Bertz CT molecular complexity index is 851. The van der Waals surface area contributed by atoms with Gasteiger partial charge in [-0.15, -0.1) is 0 Å². The SMILES string of the molecule is Cc1cc(Br)ccc1NC(=O)C1=NC(C)C(=O)N(c2ccccc2)N1. The Labute approximate surface area is 154 Å². The molecule has 6 nitrogen and oxygen atoms in total. The van der Waals surface area contributed by atoms with E-state index in [2.05, 4.69) is 31.7 Å². The number of amides is 2. The van der Waals surface area contributed by atoms with E-state index >= 15 is 0 Å². The molecule has 1 aliphatic rings. The largest absolute Gasteiger partial charge is 0.319 e. The molecule has 2 aromatic rings. The monoisotopic (exact) mass is 400 g/mol. The third-order valence-electron chi connectivity index (χ3n) is 3.78. The number of hydrazine groups is 1. The average molecular weight is 401 g/mol. The quantitative estimate of drug-likeness (QED) is 0.831. The van der Waals surface area contributed by atoms with Crippen LogP contribution < -0.4 is 15.8 Å². The predicted octanol–water partition coefficient (Wildman–Crippen LogP) is 3.03. The molecule has 0 fully saturated rings. The third kappa shape index (κ3) is 3.71. The summed E-state index contributed by atoms with van der Waals surface area (Å²) in [5, 5.41) is 4.17. The van der Waals surface area contributed by atoms with Crippen LogP contribution in [0.5, 0.6) is 0 Å². The van der Waals surface area contributed by atoms with Crippen LogP contribution in [0.3, 0.4) is 0 Å². The molecule has 0 aliphatic carbocycles. The number of nitrogens with zero attached hydrogens (tertiary/aromatic N) is 2. The molecule has 3 rings (SSSR count). The van der Waals surface area contributed by atoms with Crippen LogP contribution in [0.25, 0.3) is 0 Å². The molecule has 2 aromatic carbocycles. The van der Waals surface area contributed by atoms with Gasteiger partial charge in [0.25, 0.3) is 11.8 Å². The predicted molar refractivity (Wildman–Crippen MR) is 101 cm³/mol. The maximum Gasteiger partial charge on any atom is 0.292 e. The molecule has 1 aliphatic heterocycles. The van der Waals surface area contributed by atoms with Gasteiger partial charge < -0.3 is 5.32 Å². The number of halogens is 1. The van der Waals surface area contributed by atoms with Gasteiger partial charge in [-0.2, -0.15) is 0 Å². The van der Waals surface area contributed by atoms with E-state index < -0.39 is 11.9 Å². The molecule has 0 spiro atoms. The van der Waals surface area contributed by atoms with E-state index in [4.69, 9.17) is 0 Å². The first-order valence-electron chi connectivity index (χ1n) is 7.76. The first-order chi connectivity index (χ1) is 12.0. The van der Waals surface area contributed by atoms with E-state index in [9.17, 15) is 9.59 Å². The fourth-order valence-corrected chi connectivity index (χ4v) is 2.93. The van der Waals surface area contributed by atoms with Gasteiger partial charge in [0.15, 0.2) is 0 Å². The Morgan fingerprint density at radius 2 is 1.96 bits per heavy atom. The van der Waals surface area contributed by atoms with E-state index in [0.29, 0.717) is 11.4 Å². The van der Waals surface area contributed by atoms with Crippen LogP contribution in [0.15, 0.2) is 58.0 Å². The van der Waals surface area contributed by atoms with Crippen LogP contribution in [-0.2, 0) is 9.59 Å². The number of hydrogen-bond acceptors (Lipinski definition) is 4. The van der Waals surface area contributed by atoms with Gasteiger partial charge in [0.1, 0.15) is 6.04 Å². The molecule has 0 bridgehead atoms. The fourth-order valence-electron chi connectivity index (χ4n) is 2.45. The summed E-state index contributed by atoms with van der Waals surface area (Å²) in [6.07, 6.45) is 0. The summed E-state index contributed by atoms with van der Waals surface area (Å²) in [5.74, 6) is -0.522. The van der Waals surface area contributed by atoms with E-state index in [0.717, 1.165) is 10.0 Å². The van der Waals surface area contributed by atoms with Crippen molar-refractivity contribution in [3.63, 3.8) is 0 Å². The summed E-state index contributed by atoms with van der Waals surface area (Å²) in [4.78, 5) is 29.1. The zero-order valence-electron chi connectivity index (χ0n) is 13.8. The minimum atomic E-state index is -0.645. The van der Waals surface area contributed by atoms with Crippen molar-refractivity contribution in [1.29, 1.82) is 0 Å². The van der Waals surface area contributed by atoms with Crippen LogP contribution >= 0.6 is 15.9 Å². The third-order valence-corrected chi connectivity index (χ3v) is 4.28. The molecule has 0 radical (unpaired) electrons. The Kier molecular flexibility index (Phi) is 4.85. The maximum absolute atomic E-state index is 12.6. The zero-order valence-corrected chi connectivity index (χ0v) is 15.4. The highest BCUT2D eigenvalue weighted by Gasteiger charge is 2.30. The highest BCUT2D eigenvalue weighted by molar-refractivity contribution is 9.10. The molecule has 1 unspecified atom stereocenters. The van der Waals surface area contributed by atoms with E-state index in [1.165, 1.54) is 5.01 Å². The highest BCUT2D eigenvalue weighted by atomic mass is 79.9. The van der Waals surface area contributed by atoms with Crippen molar-refractivity contribution >= 4 is 45.0 Å². The fraction of sp³-hybridized carbons (Fsp3) is 0.167. The number of hydrogen-bond donors (Lipinski definition) is 2. The summed E-state index contributed by atoms with van der Waals surface area (Å²) in [7, 11) is 0. The summed E-state index contributed by atoms with van der Waals surface area (Å²) < 4.78 is 0.936. The Morgan fingerprint density at radius 3 is 2.64 bits per heavy atom. The maximum atomic E-state index is 12.6. The van der Waals surface area contributed by atoms with Gasteiger partial charge >= 0.3 is 0 Å². The summed E-state index contributed by atoms with van der Waals surface area (Å²) in [6, 6.07) is 14.0. The highest BCUT2D eigenvalue weighted by Crippen LogP contribution is 2.21. The van der Waals surface area contributed by atoms with E-state index in [1.807, 2.05) is 43.3 Å². The lowest BCUT2D eigenvalue weighted by Gasteiger charge is -2.30. The van der Waals surface area contributed by atoms with E-state index in [1.54, 1.807) is 19.1 Å². The number of nitrogens with one attached hydrogen (secondary N) is 2. The van der Waals surface area contributed by atoms with Crippen molar-refractivity contribution in [2.75, 3.05) is 10.3 Å². The summed E-state index contributed by atoms with van der Waals surface area (Å²) in [5.41, 5.74) is 5.07. The van der Waals surface area contributed by atoms with Gasteiger partial charge in [-0.25, -0.2) is 10.0 Å². The van der Waals surface area contributed by atoms with Gasteiger partial charge in [-0.05, 0) is 49.7 Å². The number of anilines is 2. The molecule has 25 heavy (non-hydrogen) atoms. The minimum Gasteiger partial charge on any atom is -0.319 e. The first kappa shape index (κ1) is 17.2. The molecular formula is C18H17BrN4O2.